The number of urea groups is 1. The minimum Gasteiger partial charge on any atom is -0.465 e. The number of barbiturate groups is 1. The number of carbonyl (C=O) groups excluding carboxylic acids is 3. The Hall–Kier alpha value is -3.15. The third kappa shape index (κ3) is 2.66. The fourth-order valence-electron chi connectivity index (χ4n) is 2.45. The maximum absolute atomic E-state index is 12.6. The molecule has 0 unspecified atom stereocenters. The molecule has 0 aliphatic carbocycles. The molecule has 4 amide bonds. The van der Waals surface area contributed by atoms with E-state index in [1.165, 1.54) is 12.3 Å². The summed E-state index contributed by atoms with van der Waals surface area (Å²) in [5, 5.41) is 2.18. The van der Waals surface area contributed by atoms with Crippen molar-refractivity contribution in [2.24, 2.45) is 0 Å². The van der Waals surface area contributed by atoms with Crippen molar-refractivity contribution < 1.29 is 18.8 Å². The molecule has 2 heterocycles. The molecular weight excluding hydrogens is 296 g/mol. The van der Waals surface area contributed by atoms with Crippen molar-refractivity contribution in [3.8, 4) is 0 Å². The fourth-order valence-corrected chi connectivity index (χ4v) is 2.45. The zero-order chi connectivity index (χ0) is 16.6. The van der Waals surface area contributed by atoms with Crippen LogP contribution in [0.3, 0.4) is 0 Å². The number of nitrogens with zero attached hydrogens (tertiary/aromatic N) is 1. The zero-order valence-corrected chi connectivity index (χ0v) is 12.6. The van der Waals surface area contributed by atoms with Crippen LogP contribution in [0, 0.1) is 13.8 Å². The smallest absolute Gasteiger partial charge is 0.335 e. The van der Waals surface area contributed by atoms with Crippen molar-refractivity contribution in [3.05, 3.63) is 59.1 Å². The van der Waals surface area contributed by atoms with Gasteiger partial charge in [-0.1, -0.05) is 17.7 Å². The van der Waals surface area contributed by atoms with E-state index in [2.05, 4.69) is 5.32 Å². The van der Waals surface area contributed by atoms with Gasteiger partial charge in [0.15, 0.2) is 0 Å². The summed E-state index contributed by atoms with van der Waals surface area (Å²) in [6.07, 6.45) is 2.76. The third-order valence-electron chi connectivity index (χ3n) is 3.52. The van der Waals surface area contributed by atoms with Crippen molar-refractivity contribution >= 4 is 29.6 Å². The predicted octanol–water partition coefficient (Wildman–Crippen LogP) is 2.56. The van der Waals surface area contributed by atoms with Gasteiger partial charge >= 0.3 is 6.03 Å². The lowest BCUT2D eigenvalue weighted by Crippen LogP contribution is -2.54. The maximum atomic E-state index is 12.6. The van der Waals surface area contributed by atoms with Crippen LogP contribution in [0.2, 0.25) is 0 Å². The number of anilines is 1. The Balaban J connectivity index is 2.05. The zero-order valence-electron chi connectivity index (χ0n) is 12.6. The summed E-state index contributed by atoms with van der Waals surface area (Å²) in [6, 6.07) is 7.85. The minimum absolute atomic E-state index is 0.153. The standard InChI is InChI=1S/C17H14N2O4/c1-10-5-6-14(11(2)8-10)19-16(21)13(15(20)18-17(19)22)9-12-4-3-7-23-12/h3-9H,1-2H3,(H,18,20,22). The normalized spacial score (nSPS) is 16.9. The van der Waals surface area contributed by atoms with Gasteiger partial charge in [-0.15, -0.1) is 0 Å². The number of hydrogen-bond acceptors (Lipinski definition) is 4. The first-order valence-electron chi connectivity index (χ1n) is 6.99. The average Bonchev–Trinajstić information content (AvgIpc) is 2.98. The van der Waals surface area contributed by atoms with Gasteiger partial charge in [0.1, 0.15) is 11.3 Å². The highest BCUT2D eigenvalue weighted by Crippen LogP contribution is 2.25. The number of hydrogen-bond donors (Lipinski definition) is 1. The molecule has 0 atom stereocenters. The largest absolute Gasteiger partial charge is 0.465 e. The van der Waals surface area contributed by atoms with Crippen molar-refractivity contribution in [3.63, 3.8) is 0 Å². The molecule has 1 aliphatic rings. The molecule has 6 heteroatoms. The van der Waals surface area contributed by atoms with Gasteiger partial charge in [0.05, 0.1) is 12.0 Å². The number of aryl methyl sites for hydroxylation is 2. The molecule has 2 aromatic rings. The van der Waals surface area contributed by atoms with E-state index in [0.29, 0.717) is 11.4 Å². The summed E-state index contributed by atoms with van der Waals surface area (Å²) in [6.45, 7) is 3.72. The summed E-state index contributed by atoms with van der Waals surface area (Å²) in [4.78, 5) is 37.7. The number of benzene rings is 1. The third-order valence-corrected chi connectivity index (χ3v) is 3.52. The van der Waals surface area contributed by atoms with Gasteiger partial charge in [-0.25, -0.2) is 9.69 Å². The second-order valence-corrected chi connectivity index (χ2v) is 5.26. The first kappa shape index (κ1) is 14.8. The Bertz CT molecular complexity index is 834. The molecule has 0 spiro atoms. The van der Waals surface area contributed by atoms with Crippen LogP contribution in [0.5, 0.6) is 0 Å². The highest BCUT2D eigenvalue weighted by Gasteiger charge is 2.37. The monoisotopic (exact) mass is 310 g/mol. The van der Waals surface area contributed by atoms with Crippen LogP contribution in [-0.2, 0) is 9.59 Å². The summed E-state index contributed by atoms with van der Waals surface area (Å²) < 4.78 is 5.13. The summed E-state index contributed by atoms with van der Waals surface area (Å²) in [5.74, 6) is -1.06. The van der Waals surface area contributed by atoms with E-state index in [1.54, 1.807) is 31.2 Å². The van der Waals surface area contributed by atoms with Crippen LogP contribution < -0.4 is 10.2 Å². The number of amides is 4. The van der Waals surface area contributed by atoms with Crippen molar-refractivity contribution in [1.82, 2.24) is 5.32 Å². The Kier molecular flexibility index (Phi) is 3.57. The van der Waals surface area contributed by atoms with Crippen LogP contribution in [-0.4, -0.2) is 17.8 Å². The SMILES string of the molecule is Cc1ccc(N2C(=O)NC(=O)C(=Cc3ccco3)C2=O)c(C)c1. The van der Waals surface area contributed by atoms with Crippen LogP contribution in [0.25, 0.3) is 6.08 Å². The van der Waals surface area contributed by atoms with E-state index in [0.717, 1.165) is 16.0 Å². The van der Waals surface area contributed by atoms with Crippen molar-refractivity contribution in [1.29, 1.82) is 0 Å². The highest BCUT2D eigenvalue weighted by molar-refractivity contribution is 6.39. The van der Waals surface area contributed by atoms with E-state index < -0.39 is 17.8 Å². The van der Waals surface area contributed by atoms with E-state index in [1.807, 2.05) is 13.0 Å². The Morgan fingerprint density at radius 2 is 1.91 bits per heavy atom. The molecule has 1 aromatic heterocycles. The molecule has 6 nitrogen and oxygen atoms in total. The number of imide groups is 2. The second kappa shape index (κ2) is 5.57. The molecule has 1 fully saturated rings. The van der Waals surface area contributed by atoms with Crippen molar-refractivity contribution in [2.45, 2.75) is 13.8 Å². The summed E-state index contributed by atoms with van der Waals surface area (Å²) >= 11 is 0. The molecular formula is C17H14N2O4. The minimum atomic E-state index is -0.761. The van der Waals surface area contributed by atoms with Crippen LogP contribution in [0.1, 0.15) is 16.9 Å². The molecule has 1 aliphatic heterocycles. The van der Waals surface area contributed by atoms with Gasteiger partial charge in [-0.05, 0) is 43.7 Å². The molecule has 0 radical (unpaired) electrons. The molecule has 1 saturated heterocycles. The quantitative estimate of drug-likeness (QED) is 0.683. The van der Waals surface area contributed by atoms with Crippen LogP contribution in [0.4, 0.5) is 10.5 Å². The lowest BCUT2D eigenvalue weighted by Gasteiger charge is -2.27. The molecule has 1 N–H and O–H groups in total. The number of carbonyl (C=O) groups is 3. The molecule has 1 aromatic carbocycles. The lowest BCUT2D eigenvalue weighted by molar-refractivity contribution is -0.122. The Morgan fingerprint density at radius 3 is 2.57 bits per heavy atom. The van der Waals surface area contributed by atoms with Gasteiger partial charge in [0.2, 0.25) is 0 Å². The first-order valence-corrected chi connectivity index (χ1v) is 6.99. The van der Waals surface area contributed by atoms with Crippen LogP contribution >= 0.6 is 0 Å². The van der Waals surface area contributed by atoms with E-state index in [9.17, 15) is 14.4 Å². The number of nitrogens with one attached hydrogen (secondary N) is 1. The second-order valence-electron chi connectivity index (χ2n) is 5.26. The average molecular weight is 310 g/mol. The first-order chi connectivity index (χ1) is 11.0. The van der Waals surface area contributed by atoms with E-state index in [4.69, 9.17) is 4.42 Å². The topological polar surface area (TPSA) is 79.6 Å². The Labute approximate surface area is 132 Å². The highest BCUT2D eigenvalue weighted by atomic mass is 16.3. The molecule has 23 heavy (non-hydrogen) atoms. The van der Waals surface area contributed by atoms with Crippen molar-refractivity contribution in [2.75, 3.05) is 4.90 Å². The van der Waals surface area contributed by atoms with Gasteiger partial charge in [0.25, 0.3) is 11.8 Å². The maximum Gasteiger partial charge on any atom is 0.335 e. The Morgan fingerprint density at radius 1 is 1.13 bits per heavy atom. The number of furan rings is 1. The van der Waals surface area contributed by atoms with Gasteiger partial charge in [0, 0.05) is 0 Å². The molecule has 116 valence electrons. The molecule has 3 rings (SSSR count). The fraction of sp³-hybridized carbons (Fsp3) is 0.118. The molecule has 0 saturated carbocycles. The lowest BCUT2D eigenvalue weighted by atomic mass is 10.1. The van der Waals surface area contributed by atoms with Gasteiger partial charge in [-0.2, -0.15) is 0 Å². The van der Waals surface area contributed by atoms with E-state index in [-0.39, 0.29) is 5.57 Å². The van der Waals surface area contributed by atoms with Crippen LogP contribution in [0.15, 0.2) is 46.6 Å². The summed E-state index contributed by atoms with van der Waals surface area (Å²) in [7, 11) is 0. The van der Waals surface area contributed by atoms with E-state index >= 15 is 0 Å². The molecule has 0 bridgehead atoms. The van der Waals surface area contributed by atoms with Gasteiger partial charge in [-0.3, -0.25) is 14.9 Å². The number of rotatable bonds is 2. The van der Waals surface area contributed by atoms with Gasteiger partial charge < -0.3 is 4.42 Å². The summed E-state index contributed by atoms with van der Waals surface area (Å²) in [5.41, 5.74) is 2.06. The predicted molar refractivity (Wildman–Crippen MR) is 83.6 cm³/mol.